The van der Waals surface area contributed by atoms with Crippen LogP contribution in [0.25, 0.3) is 0 Å². The second kappa shape index (κ2) is 4.67. The van der Waals surface area contributed by atoms with Crippen LogP contribution in [0, 0.1) is 0 Å². The Labute approximate surface area is 128 Å². The summed E-state index contributed by atoms with van der Waals surface area (Å²) in [6.07, 6.45) is 2.21. The van der Waals surface area contributed by atoms with Gasteiger partial charge in [-0.05, 0) is 17.5 Å². The van der Waals surface area contributed by atoms with Crippen molar-refractivity contribution >= 4 is 14.4 Å². The fourth-order valence-electron chi connectivity index (χ4n) is 3.93. The number of hydrogen-bond acceptors (Lipinski definition) is 1. The Morgan fingerprint density at radius 3 is 1.57 bits per heavy atom. The minimum atomic E-state index is -1.64. The van der Waals surface area contributed by atoms with Gasteiger partial charge in [0.15, 0.2) is 0 Å². The van der Waals surface area contributed by atoms with Gasteiger partial charge in [0.25, 0.3) is 0 Å². The van der Waals surface area contributed by atoms with Gasteiger partial charge < -0.3 is 4.79 Å². The van der Waals surface area contributed by atoms with E-state index in [9.17, 15) is 4.79 Å². The van der Waals surface area contributed by atoms with Gasteiger partial charge in [-0.15, -0.1) is 0 Å². The maximum Gasteiger partial charge on any atom is 0.124 e. The van der Waals surface area contributed by atoms with Crippen LogP contribution in [0.5, 0.6) is 0 Å². The molecule has 1 aliphatic rings. The lowest BCUT2D eigenvalue weighted by molar-refractivity contribution is -0.108. The molecule has 2 heteroatoms. The van der Waals surface area contributed by atoms with E-state index in [0.717, 1.165) is 6.42 Å². The van der Waals surface area contributed by atoms with Crippen molar-refractivity contribution < 1.29 is 4.79 Å². The molecule has 0 radical (unpaired) electrons. The highest BCUT2D eigenvalue weighted by Crippen LogP contribution is 2.76. The van der Waals surface area contributed by atoms with Gasteiger partial charge in [-0.1, -0.05) is 80.3 Å². The lowest BCUT2D eigenvalue weighted by atomic mass is 9.85. The molecule has 0 bridgehead atoms. The number of carbonyl (C=O) groups excluding carboxylic acids is 1. The molecule has 0 saturated heterocycles. The van der Waals surface area contributed by atoms with Gasteiger partial charge in [0, 0.05) is 10.5 Å². The Bertz CT molecular complexity index is 603. The zero-order valence-electron chi connectivity index (χ0n) is 13.0. The summed E-state index contributed by atoms with van der Waals surface area (Å²) >= 11 is 0. The largest absolute Gasteiger partial charge is 0.303 e. The van der Waals surface area contributed by atoms with Gasteiger partial charge in [0.2, 0.25) is 0 Å². The number of benzene rings is 2. The molecule has 0 unspecified atom stereocenters. The molecule has 1 nitrogen and oxygen atoms in total. The molecule has 0 N–H and O–H groups in total. The van der Waals surface area contributed by atoms with E-state index in [2.05, 4.69) is 68.2 Å². The van der Waals surface area contributed by atoms with Gasteiger partial charge in [0.1, 0.15) is 6.29 Å². The molecular weight excluding hydrogens is 272 g/mol. The highest BCUT2D eigenvalue weighted by atomic mass is 28.3. The highest BCUT2D eigenvalue weighted by molar-refractivity contribution is 6.83. The Morgan fingerprint density at radius 1 is 0.857 bits per heavy atom. The summed E-state index contributed by atoms with van der Waals surface area (Å²) in [6.45, 7) is 6.94. The van der Waals surface area contributed by atoms with Crippen molar-refractivity contribution in [3.8, 4) is 0 Å². The summed E-state index contributed by atoms with van der Waals surface area (Å²) in [5.41, 5.74) is 2.44. The Kier molecular flexibility index (Phi) is 3.17. The van der Waals surface area contributed by atoms with Gasteiger partial charge in [-0.2, -0.15) is 0 Å². The van der Waals surface area contributed by atoms with Crippen molar-refractivity contribution in [2.45, 2.75) is 36.5 Å². The van der Waals surface area contributed by atoms with Crippen LogP contribution < -0.4 is 0 Å². The first kappa shape index (κ1) is 14.3. The van der Waals surface area contributed by atoms with Gasteiger partial charge in [0.05, 0.1) is 8.07 Å². The standard InChI is InChI=1S/C19H22OSi/c1-21(2,3)18(15-20)14-19(18,16-10-6-4-7-11-16)17-12-8-5-9-13-17/h4-13,15H,14H2,1-3H3/t18-/m0/s1. The average molecular weight is 294 g/mol. The molecule has 0 heterocycles. The molecule has 0 aromatic heterocycles. The SMILES string of the molecule is C[Si](C)(C)[C@]1(C=O)CC1(c1ccccc1)c1ccccc1. The fraction of sp³-hybridized carbons (Fsp3) is 0.316. The highest BCUT2D eigenvalue weighted by Gasteiger charge is 2.73. The molecule has 3 rings (SSSR count). The van der Waals surface area contributed by atoms with Crippen LogP contribution >= 0.6 is 0 Å². The third-order valence-corrected chi connectivity index (χ3v) is 8.65. The molecule has 108 valence electrons. The van der Waals surface area contributed by atoms with Gasteiger partial charge >= 0.3 is 0 Å². The zero-order valence-corrected chi connectivity index (χ0v) is 14.0. The van der Waals surface area contributed by atoms with Gasteiger partial charge in [-0.25, -0.2) is 0 Å². The van der Waals surface area contributed by atoms with Crippen LogP contribution in [0.2, 0.25) is 24.7 Å². The Balaban J connectivity index is 2.23. The minimum Gasteiger partial charge on any atom is -0.303 e. The molecule has 1 aliphatic carbocycles. The van der Waals surface area contributed by atoms with E-state index in [1.54, 1.807) is 0 Å². The lowest BCUT2D eigenvalue weighted by Crippen LogP contribution is -2.37. The first-order chi connectivity index (χ1) is 9.98. The summed E-state index contributed by atoms with van der Waals surface area (Å²) in [5.74, 6) is 0. The number of aldehydes is 1. The summed E-state index contributed by atoms with van der Waals surface area (Å²) in [4.78, 5) is 12.1. The summed E-state index contributed by atoms with van der Waals surface area (Å²) in [5, 5.41) is -0.192. The minimum absolute atomic E-state index is 0.123. The van der Waals surface area contributed by atoms with Crippen molar-refractivity contribution in [1.29, 1.82) is 0 Å². The van der Waals surface area contributed by atoms with Crippen LogP contribution in [-0.4, -0.2) is 14.4 Å². The van der Waals surface area contributed by atoms with E-state index in [4.69, 9.17) is 0 Å². The van der Waals surface area contributed by atoms with E-state index in [1.165, 1.54) is 17.4 Å². The molecule has 1 saturated carbocycles. The van der Waals surface area contributed by atoms with Crippen LogP contribution in [0.3, 0.4) is 0 Å². The van der Waals surface area contributed by atoms with Crippen molar-refractivity contribution in [3.63, 3.8) is 0 Å². The van der Waals surface area contributed by atoms with E-state index < -0.39 is 8.07 Å². The Morgan fingerprint density at radius 2 is 1.29 bits per heavy atom. The van der Waals surface area contributed by atoms with Crippen molar-refractivity contribution in [2.75, 3.05) is 0 Å². The second-order valence-electron chi connectivity index (χ2n) is 7.15. The molecule has 21 heavy (non-hydrogen) atoms. The number of carbonyl (C=O) groups is 1. The van der Waals surface area contributed by atoms with Gasteiger partial charge in [-0.3, -0.25) is 0 Å². The predicted molar refractivity (Wildman–Crippen MR) is 90.4 cm³/mol. The van der Waals surface area contributed by atoms with E-state index in [0.29, 0.717) is 0 Å². The smallest absolute Gasteiger partial charge is 0.124 e. The van der Waals surface area contributed by atoms with Crippen molar-refractivity contribution in [2.24, 2.45) is 0 Å². The number of hydrogen-bond donors (Lipinski definition) is 0. The molecule has 2 aromatic rings. The molecule has 0 amide bonds. The van der Waals surface area contributed by atoms with Crippen molar-refractivity contribution in [1.82, 2.24) is 0 Å². The third kappa shape index (κ3) is 1.85. The molecule has 1 atom stereocenters. The normalized spacial score (nSPS) is 23.6. The average Bonchev–Trinajstić information content (AvgIpc) is 3.21. The zero-order chi connectivity index (χ0) is 15.1. The summed E-state index contributed by atoms with van der Waals surface area (Å²) in [6, 6.07) is 21.1. The molecule has 1 fully saturated rings. The summed E-state index contributed by atoms with van der Waals surface area (Å²) < 4.78 is 0. The van der Waals surface area contributed by atoms with E-state index in [1.807, 2.05) is 12.1 Å². The fourth-order valence-corrected chi connectivity index (χ4v) is 6.65. The first-order valence-corrected chi connectivity index (χ1v) is 11.1. The van der Waals surface area contributed by atoms with E-state index >= 15 is 0 Å². The third-order valence-electron chi connectivity index (χ3n) is 5.25. The second-order valence-corrected chi connectivity index (χ2v) is 12.5. The molecule has 0 spiro atoms. The van der Waals surface area contributed by atoms with Crippen LogP contribution in [0.4, 0.5) is 0 Å². The lowest BCUT2D eigenvalue weighted by Gasteiger charge is -2.32. The van der Waals surface area contributed by atoms with Crippen LogP contribution in [0.1, 0.15) is 17.5 Å². The van der Waals surface area contributed by atoms with E-state index in [-0.39, 0.29) is 10.5 Å². The van der Waals surface area contributed by atoms with Crippen LogP contribution in [0.15, 0.2) is 60.7 Å². The van der Waals surface area contributed by atoms with Crippen LogP contribution in [-0.2, 0) is 10.2 Å². The molecule has 2 aromatic carbocycles. The number of rotatable bonds is 4. The predicted octanol–water partition coefficient (Wildman–Crippen LogP) is 4.65. The Hall–Kier alpha value is -1.67. The maximum atomic E-state index is 12.1. The molecule has 0 aliphatic heterocycles. The van der Waals surface area contributed by atoms with Crippen molar-refractivity contribution in [3.05, 3.63) is 71.8 Å². The monoisotopic (exact) mass is 294 g/mol. The summed E-state index contributed by atoms with van der Waals surface area (Å²) in [7, 11) is -1.64. The maximum absolute atomic E-state index is 12.1. The first-order valence-electron chi connectivity index (χ1n) is 7.55. The topological polar surface area (TPSA) is 17.1 Å². The quantitative estimate of drug-likeness (QED) is 0.592. The molecular formula is C19H22OSi.